The van der Waals surface area contributed by atoms with E-state index in [-0.39, 0.29) is 17.6 Å². The Morgan fingerprint density at radius 1 is 1.10 bits per heavy atom. The lowest BCUT2D eigenvalue weighted by molar-refractivity contribution is 0.0790. The molecule has 0 radical (unpaired) electrons. The first-order valence-corrected chi connectivity index (χ1v) is 9.78. The average Bonchev–Trinajstić information content (AvgIpc) is 3.07. The number of aromatic nitrogens is 2. The van der Waals surface area contributed by atoms with Crippen molar-refractivity contribution in [2.24, 2.45) is 14.1 Å². The fraction of sp³-hybridized carbons (Fsp3) is 0.217. The van der Waals surface area contributed by atoms with Crippen molar-refractivity contribution in [3.05, 3.63) is 70.6 Å². The van der Waals surface area contributed by atoms with Crippen LogP contribution < -0.4 is 20.3 Å². The largest absolute Gasteiger partial charge is 0.486 e. The second-order valence-corrected chi connectivity index (χ2v) is 7.47. The van der Waals surface area contributed by atoms with Crippen molar-refractivity contribution in [1.29, 1.82) is 0 Å². The molecular weight excluding hydrogens is 382 g/mol. The molecule has 4 aromatic rings. The second kappa shape index (κ2) is 6.95. The molecule has 0 aliphatic carbocycles. The topological polar surface area (TPSA) is 74.5 Å². The van der Waals surface area contributed by atoms with Crippen LogP contribution in [-0.4, -0.2) is 34.3 Å². The van der Waals surface area contributed by atoms with E-state index in [0.717, 1.165) is 10.9 Å². The lowest BCUT2D eigenvalue weighted by Gasteiger charge is -2.26. The van der Waals surface area contributed by atoms with Crippen LogP contribution in [0.5, 0.6) is 11.5 Å². The lowest BCUT2D eigenvalue weighted by atomic mass is 10.1. The summed E-state index contributed by atoms with van der Waals surface area (Å²) in [6.07, 6.45) is 1.30. The summed E-state index contributed by atoms with van der Waals surface area (Å²) in [7, 11) is 3.50. The fourth-order valence-electron chi connectivity index (χ4n) is 4.04. The minimum atomic E-state index is -0.292. The highest BCUT2D eigenvalue weighted by atomic mass is 16.6. The molecule has 1 atom stereocenters. The van der Waals surface area contributed by atoms with Gasteiger partial charge in [-0.25, -0.2) is 0 Å². The molecule has 7 heteroatoms. The summed E-state index contributed by atoms with van der Waals surface area (Å²) in [5.74, 6) is 1.12. The highest BCUT2D eigenvalue weighted by Gasteiger charge is 2.24. The van der Waals surface area contributed by atoms with Crippen LogP contribution in [-0.2, 0) is 14.1 Å². The van der Waals surface area contributed by atoms with Crippen LogP contribution in [0.1, 0.15) is 10.4 Å². The van der Waals surface area contributed by atoms with E-state index in [0.29, 0.717) is 41.1 Å². The molecule has 1 N–H and O–H groups in total. The van der Waals surface area contributed by atoms with Gasteiger partial charge >= 0.3 is 0 Å². The third kappa shape index (κ3) is 2.82. The lowest BCUT2D eigenvalue weighted by Crippen LogP contribution is -2.41. The smallest absolute Gasteiger partial charge is 0.274 e. The number of hydrogen-bond donors (Lipinski definition) is 1. The van der Waals surface area contributed by atoms with Crippen molar-refractivity contribution in [3.8, 4) is 11.5 Å². The number of para-hydroxylation sites is 3. The van der Waals surface area contributed by atoms with Gasteiger partial charge in [-0.2, -0.15) is 0 Å². The van der Waals surface area contributed by atoms with Gasteiger partial charge in [0.1, 0.15) is 18.2 Å². The van der Waals surface area contributed by atoms with Crippen molar-refractivity contribution in [2.45, 2.75) is 6.10 Å². The average molecular weight is 403 g/mol. The van der Waals surface area contributed by atoms with E-state index < -0.39 is 0 Å². The Balaban J connectivity index is 1.48. The molecular formula is C23H21N3O4. The summed E-state index contributed by atoms with van der Waals surface area (Å²) in [5.41, 5.74) is 1.74. The molecule has 152 valence electrons. The highest BCUT2D eigenvalue weighted by Crippen LogP contribution is 2.31. The number of carbonyl (C=O) groups excluding carboxylic acids is 1. The third-order valence-electron chi connectivity index (χ3n) is 5.52. The normalized spacial score (nSPS) is 15.5. The fourth-order valence-corrected chi connectivity index (χ4v) is 4.04. The minimum absolute atomic E-state index is 0.138. The first kappa shape index (κ1) is 18.3. The maximum absolute atomic E-state index is 13.1. The monoisotopic (exact) mass is 403 g/mol. The van der Waals surface area contributed by atoms with E-state index in [1.165, 1.54) is 4.57 Å². The Morgan fingerprint density at radius 3 is 2.67 bits per heavy atom. The Hall–Kier alpha value is -3.74. The zero-order chi connectivity index (χ0) is 20.8. The number of amides is 1. The van der Waals surface area contributed by atoms with Crippen molar-refractivity contribution >= 4 is 27.7 Å². The Labute approximate surface area is 172 Å². The maximum Gasteiger partial charge on any atom is 0.274 e. The molecule has 1 amide bonds. The minimum Gasteiger partial charge on any atom is -0.486 e. The summed E-state index contributed by atoms with van der Waals surface area (Å²) in [5, 5.41) is 4.49. The van der Waals surface area contributed by atoms with Crippen LogP contribution in [0.15, 0.2) is 59.5 Å². The summed E-state index contributed by atoms with van der Waals surface area (Å²) < 4.78 is 14.9. The molecule has 0 fully saturated rings. The molecule has 0 spiro atoms. The first-order chi connectivity index (χ1) is 14.5. The number of nitrogens with one attached hydrogen (secondary N) is 1. The summed E-state index contributed by atoms with van der Waals surface area (Å²) in [4.78, 5) is 25.9. The number of rotatable bonds is 3. The van der Waals surface area contributed by atoms with Gasteiger partial charge in [-0.15, -0.1) is 0 Å². The van der Waals surface area contributed by atoms with Gasteiger partial charge in [0.05, 0.1) is 12.1 Å². The van der Waals surface area contributed by atoms with Gasteiger partial charge in [-0.1, -0.05) is 30.3 Å². The Bertz CT molecular complexity index is 1350. The van der Waals surface area contributed by atoms with Crippen LogP contribution in [0.3, 0.4) is 0 Å². The Morgan fingerprint density at radius 2 is 1.83 bits per heavy atom. The molecule has 3 heterocycles. The number of aryl methyl sites for hydroxylation is 2. The molecule has 2 aromatic carbocycles. The molecule has 0 saturated carbocycles. The number of pyridine rings is 1. The molecule has 1 aliphatic rings. The number of ether oxygens (including phenoxy) is 2. The van der Waals surface area contributed by atoms with Gasteiger partial charge < -0.3 is 23.9 Å². The van der Waals surface area contributed by atoms with Crippen molar-refractivity contribution < 1.29 is 14.3 Å². The molecule has 5 rings (SSSR count). The van der Waals surface area contributed by atoms with Crippen LogP contribution >= 0.6 is 0 Å². The number of hydrogen-bond acceptors (Lipinski definition) is 4. The van der Waals surface area contributed by atoms with E-state index >= 15 is 0 Å². The maximum atomic E-state index is 13.1. The molecule has 0 unspecified atom stereocenters. The molecule has 1 aliphatic heterocycles. The zero-order valence-electron chi connectivity index (χ0n) is 16.7. The first-order valence-electron chi connectivity index (χ1n) is 9.78. The SMILES string of the molecule is Cn1cc(C(=O)NC[C@@H]2COc3ccccc3O2)c2c3ccccc3n(C)c2c1=O. The van der Waals surface area contributed by atoms with Crippen LogP contribution in [0.25, 0.3) is 21.8 Å². The highest BCUT2D eigenvalue weighted by molar-refractivity contribution is 6.17. The van der Waals surface area contributed by atoms with E-state index in [1.54, 1.807) is 13.2 Å². The van der Waals surface area contributed by atoms with Crippen molar-refractivity contribution in [3.63, 3.8) is 0 Å². The molecule has 0 saturated heterocycles. The van der Waals surface area contributed by atoms with E-state index in [1.807, 2.05) is 60.1 Å². The summed E-state index contributed by atoms with van der Waals surface area (Å²) >= 11 is 0. The standard InChI is InChI=1S/C23H21N3O4/c1-25-12-16(20-15-7-3-4-8-17(15)26(2)21(20)23(25)28)22(27)24-11-14-13-29-18-9-5-6-10-19(18)30-14/h3-10,12,14H,11,13H2,1-2H3,(H,24,27)/t14-/m1/s1. The van der Waals surface area contributed by atoms with Gasteiger partial charge in [0, 0.05) is 36.6 Å². The quantitative estimate of drug-likeness (QED) is 0.571. The van der Waals surface area contributed by atoms with Gasteiger partial charge in [0.15, 0.2) is 11.5 Å². The van der Waals surface area contributed by atoms with E-state index in [2.05, 4.69) is 5.32 Å². The summed E-state index contributed by atoms with van der Waals surface area (Å²) in [6.45, 7) is 0.649. The zero-order valence-corrected chi connectivity index (χ0v) is 16.7. The van der Waals surface area contributed by atoms with Crippen LogP contribution in [0, 0.1) is 0 Å². The van der Waals surface area contributed by atoms with Gasteiger partial charge in [0.25, 0.3) is 11.5 Å². The Kier molecular flexibility index (Phi) is 4.24. The van der Waals surface area contributed by atoms with Gasteiger partial charge in [-0.05, 0) is 18.2 Å². The summed E-state index contributed by atoms with van der Waals surface area (Å²) in [6, 6.07) is 15.2. The van der Waals surface area contributed by atoms with Crippen LogP contribution in [0.2, 0.25) is 0 Å². The number of fused-ring (bicyclic) bond motifs is 4. The van der Waals surface area contributed by atoms with Gasteiger partial charge in [-0.3, -0.25) is 9.59 Å². The third-order valence-corrected chi connectivity index (χ3v) is 5.52. The van der Waals surface area contributed by atoms with Crippen LogP contribution in [0.4, 0.5) is 0 Å². The molecule has 0 bridgehead atoms. The number of carbonyl (C=O) groups is 1. The predicted octanol–water partition coefficient (Wildman–Crippen LogP) is 2.60. The van der Waals surface area contributed by atoms with E-state index in [9.17, 15) is 9.59 Å². The van der Waals surface area contributed by atoms with E-state index in [4.69, 9.17) is 9.47 Å². The number of benzene rings is 2. The molecule has 30 heavy (non-hydrogen) atoms. The van der Waals surface area contributed by atoms with Gasteiger partial charge in [0.2, 0.25) is 0 Å². The molecule has 2 aromatic heterocycles. The van der Waals surface area contributed by atoms with Crippen molar-refractivity contribution in [2.75, 3.05) is 13.2 Å². The predicted molar refractivity (Wildman–Crippen MR) is 114 cm³/mol. The molecule has 7 nitrogen and oxygen atoms in total. The van der Waals surface area contributed by atoms with Crippen molar-refractivity contribution in [1.82, 2.24) is 14.5 Å². The number of nitrogens with zero attached hydrogens (tertiary/aromatic N) is 2. The second-order valence-electron chi connectivity index (χ2n) is 7.47.